The Bertz CT molecular complexity index is 964. The average molecular weight is 495 g/mol. The second-order valence-corrected chi connectivity index (χ2v) is 9.04. The molecule has 0 radical (unpaired) electrons. The molecule has 7 heteroatoms. The molecule has 31 heavy (non-hydrogen) atoms. The van der Waals surface area contributed by atoms with Crippen LogP contribution in [0.2, 0.25) is 5.32 Å². The molecule has 0 aliphatic rings. The van der Waals surface area contributed by atoms with E-state index >= 15 is 0 Å². The summed E-state index contributed by atoms with van der Waals surface area (Å²) in [6.45, 7) is 0. The maximum absolute atomic E-state index is 13.1. The Kier molecular flexibility index (Phi) is 7.52. The van der Waals surface area contributed by atoms with Crippen molar-refractivity contribution >= 4 is 19.4 Å². The Morgan fingerprint density at radius 2 is 1.39 bits per heavy atom. The van der Waals surface area contributed by atoms with Crippen LogP contribution in [0.3, 0.4) is 0 Å². The molecule has 0 aromatic heterocycles. The molecule has 3 nitrogen and oxygen atoms in total. The predicted octanol–water partition coefficient (Wildman–Crippen LogP) is 5.31. The number of benzene rings is 3. The third kappa shape index (κ3) is 5.54. The van der Waals surface area contributed by atoms with Crippen LogP contribution in [-0.2, 0) is 6.18 Å². The molecule has 1 atom stereocenters. The van der Waals surface area contributed by atoms with Crippen molar-refractivity contribution in [1.82, 2.24) is 0 Å². The molecule has 0 saturated heterocycles. The number of halogens is 3. The van der Waals surface area contributed by atoms with Gasteiger partial charge < -0.3 is 0 Å². The second kappa shape index (κ2) is 10.1. The molecule has 3 rings (SSSR count). The fourth-order valence-corrected chi connectivity index (χ4v) is 5.56. The van der Waals surface area contributed by atoms with E-state index in [0.717, 1.165) is 28.6 Å². The molecule has 0 N–H and O–H groups in total. The van der Waals surface area contributed by atoms with Gasteiger partial charge in [-0.15, -0.1) is 0 Å². The van der Waals surface area contributed by atoms with Crippen molar-refractivity contribution in [2.75, 3.05) is 21.3 Å². The van der Waals surface area contributed by atoms with Crippen LogP contribution in [0, 0.1) is 0 Å². The van der Waals surface area contributed by atoms with Crippen molar-refractivity contribution in [2.24, 2.45) is 0 Å². The molecule has 0 aliphatic carbocycles. The SMILES string of the molecule is COc1cc(OC)c(C(C[Se]c2ccccc2)c2ccc(C(F)(F)F)cc2)c(OC)c1. The topological polar surface area (TPSA) is 27.7 Å². The van der Waals surface area contributed by atoms with Gasteiger partial charge in [0.2, 0.25) is 0 Å². The minimum absolute atomic E-state index is 0.0879. The molecule has 0 amide bonds. The van der Waals surface area contributed by atoms with Gasteiger partial charge in [0, 0.05) is 0 Å². The molecule has 0 saturated carbocycles. The fourth-order valence-electron chi connectivity index (χ4n) is 3.32. The third-order valence-electron chi connectivity index (χ3n) is 4.90. The standard InChI is InChI=1S/C24H23F3O3Se/c1-28-18-13-21(29-2)23(22(14-18)30-3)20(15-31-19-7-5-4-6-8-19)16-9-11-17(12-10-16)24(25,26)27/h4-14,20H,15H2,1-3H3. The van der Waals surface area contributed by atoms with E-state index in [2.05, 4.69) is 12.1 Å². The number of alkyl halides is 3. The molecular formula is C24H23F3O3Se. The van der Waals surface area contributed by atoms with Gasteiger partial charge in [0.05, 0.1) is 0 Å². The molecule has 0 fully saturated rings. The maximum atomic E-state index is 13.1. The first-order chi connectivity index (χ1) is 14.9. The summed E-state index contributed by atoms with van der Waals surface area (Å²) in [5.74, 6) is 1.52. The van der Waals surface area contributed by atoms with E-state index in [1.54, 1.807) is 33.5 Å². The number of ether oxygens (including phenoxy) is 3. The van der Waals surface area contributed by atoms with Crippen LogP contribution >= 0.6 is 0 Å². The zero-order valence-electron chi connectivity index (χ0n) is 17.4. The summed E-state index contributed by atoms with van der Waals surface area (Å²) >= 11 is 0.0879. The Morgan fingerprint density at radius 3 is 1.87 bits per heavy atom. The Morgan fingerprint density at radius 1 is 0.806 bits per heavy atom. The quantitative estimate of drug-likeness (QED) is 0.397. The Hall–Kier alpha value is -2.63. The average Bonchev–Trinajstić information content (AvgIpc) is 2.79. The first-order valence-electron chi connectivity index (χ1n) is 9.52. The summed E-state index contributed by atoms with van der Waals surface area (Å²) in [7, 11) is 4.67. The molecule has 1 unspecified atom stereocenters. The van der Waals surface area contributed by atoms with Gasteiger partial charge in [-0.05, 0) is 0 Å². The number of methoxy groups -OCH3 is 3. The van der Waals surface area contributed by atoms with Crippen molar-refractivity contribution < 1.29 is 27.4 Å². The zero-order chi connectivity index (χ0) is 22.4. The van der Waals surface area contributed by atoms with Gasteiger partial charge in [-0.1, -0.05) is 0 Å². The van der Waals surface area contributed by atoms with E-state index in [1.165, 1.54) is 16.6 Å². The van der Waals surface area contributed by atoms with E-state index in [4.69, 9.17) is 14.2 Å². The van der Waals surface area contributed by atoms with E-state index < -0.39 is 11.7 Å². The zero-order valence-corrected chi connectivity index (χ0v) is 19.1. The van der Waals surface area contributed by atoms with Crippen LogP contribution in [0.15, 0.2) is 66.7 Å². The summed E-state index contributed by atoms with van der Waals surface area (Å²) in [4.78, 5) is 0. The van der Waals surface area contributed by atoms with Gasteiger partial charge >= 0.3 is 186 Å². The Balaban J connectivity index is 2.08. The van der Waals surface area contributed by atoms with Crippen LogP contribution < -0.4 is 18.7 Å². The van der Waals surface area contributed by atoms with Crippen molar-refractivity contribution in [3.05, 3.63) is 83.4 Å². The number of rotatable bonds is 8. The summed E-state index contributed by atoms with van der Waals surface area (Å²) in [6.07, 6.45) is -4.38. The summed E-state index contributed by atoms with van der Waals surface area (Å²) in [6, 6.07) is 18.9. The van der Waals surface area contributed by atoms with Crippen LogP contribution in [0.5, 0.6) is 17.2 Å². The van der Waals surface area contributed by atoms with Crippen molar-refractivity contribution in [3.63, 3.8) is 0 Å². The summed E-state index contributed by atoms with van der Waals surface area (Å²) in [5.41, 5.74) is 0.896. The monoisotopic (exact) mass is 496 g/mol. The number of hydrogen-bond donors (Lipinski definition) is 0. The summed E-state index contributed by atoms with van der Waals surface area (Å²) < 4.78 is 57.1. The normalized spacial score (nSPS) is 12.3. The third-order valence-corrected chi connectivity index (χ3v) is 7.22. The Labute approximate surface area is 186 Å². The molecule has 3 aromatic rings. The van der Waals surface area contributed by atoms with Crippen LogP contribution in [0.25, 0.3) is 0 Å². The van der Waals surface area contributed by atoms with Crippen molar-refractivity contribution in [2.45, 2.75) is 17.4 Å². The molecule has 0 heterocycles. The molecule has 0 bridgehead atoms. The first-order valence-corrected chi connectivity index (χ1v) is 11.6. The van der Waals surface area contributed by atoms with Crippen LogP contribution in [0.4, 0.5) is 13.2 Å². The minimum atomic E-state index is -4.38. The molecular weight excluding hydrogens is 472 g/mol. The second-order valence-electron chi connectivity index (χ2n) is 6.74. The fraction of sp³-hybridized carbons (Fsp3) is 0.250. The van der Waals surface area contributed by atoms with Gasteiger partial charge in [0.25, 0.3) is 0 Å². The van der Waals surface area contributed by atoms with Gasteiger partial charge in [0.1, 0.15) is 0 Å². The summed E-state index contributed by atoms with van der Waals surface area (Å²) in [5, 5.41) is 0.724. The van der Waals surface area contributed by atoms with E-state index in [-0.39, 0.29) is 20.9 Å². The van der Waals surface area contributed by atoms with Crippen molar-refractivity contribution in [3.8, 4) is 17.2 Å². The molecule has 0 aliphatic heterocycles. The van der Waals surface area contributed by atoms with Crippen molar-refractivity contribution in [1.29, 1.82) is 0 Å². The van der Waals surface area contributed by atoms with Gasteiger partial charge in [-0.2, -0.15) is 0 Å². The van der Waals surface area contributed by atoms with Gasteiger partial charge in [0.15, 0.2) is 0 Å². The van der Waals surface area contributed by atoms with E-state index in [1.807, 2.05) is 18.2 Å². The van der Waals surface area contributed by atoms with E-state index in [0.29, 0.717) is 17.2 Å². The van der Waals surface area contributed by atoms with Crippen LogP contribution in [0.1, 0.15) is 22.6 Å². The predicted molar refractivity (Wildman–Crippen MR) is 116 cm³/mol. The van der Waals surface area contributed by atoms with Crippen LogP contribution in [-0.4, -0.2) is 36.3 Å². The molecule has 0 spiro atoms. The van der Waals surface area contributed by atoms with Gasteiger partial charge in [-0.25, -0.2) is 0 Å². The number of hydrogen-bond acceptors (Lipinski definition) is 3. The van der Waals surface area contributed by atoms with Gasteiger partial charge in [-0.3, -0.25) is 0 Å². The molecule has 164 valence electrons. The van der Waals surface area contributed by atoms with E-state index in [9.17, 15) is 13.2 Å². The first kappa shape index (κ1) is 23.0. The molecule has 3 aromatic carbocycles.